The summed E-state index contributed by atoms with van der Waals surface area (Å²) in [5.41, 5.74) is 1.09. The van der Waals surface area contributed by atoms with Crippen molar-refractivity contribution in [1.82, 2.24) is 15.1 Å². The van der Waals surface area contributed by atoms with Gasteiger partial charge in [-0.15, -0.1) is 0 Å². The molecule has 0 atom stereocenters. The highest BCUT2D eigenvalue weighted by Gasteiger charge is 2.07. The van der Waals surface area contributed by atoms with Gasteiger partial charge >= 0.3 is 0 Å². The molecular formula is C11H18N4O2. The summed E-state index contributed by atoms with van der Waals surface area (Å²) < 4.78 is 0. The van der Waals surface area contributed by atoms with Gasteiger partial charge < -0.3 is 15.1 Å². The normalized spacial score (nSPS) is 15.6. The molecule has 17 heavy (non-hydrogen) atoms. The summed E-state index contributed by atoms with van der Waals surface area (Å²) in [5.74, 6) is 0.484. The van der Waals surface area contributed by atoms with Gasteiger partial charge in [0.1, 0.15) is 0 Å². The molecule has 0 aromatic carbocycles. The average molecular weight is 238 g/mol. The van der Waals surface area contributed by atoms with Gasteiger partial charge in [-0.25, -0.2) is 0 Å². The molecule has 1 aliphatic rings. The van der Waals surface area contributed by atoms with Gasteiger partial charge in [0, 0.05) is 40.4 Å². The molecule has 0 saturated carbocycles. The molecule has 1 rings (SSSR count). The standard InChI is InChI=1S/C11H18N4O2/c1-13(2)11(9-15(16)17)12-7-10-5-4-6-14(3)8-10/h4-5,8-9,12H,6-7H2,1-3H3. The van der Waals surface area contributed by atoms with Crippen LogP contribution >= 0.6 is 0 Å². The molecular weight excluding hydrogens is 220 g/mol. The van der Waals surface area contributed by atoms with Crippen LogP contribution in [-0.2, 0) is 0 Å². The molecule has 1 heterocycles. The van der Waals surface area contributed by atoms with E-state index in [4.69, 9.17) is 0 Å². The fourth-order valence-corrected chi connectivity index (χ4v) is 1.47. The van der Waals surface area contributed by atoms with Crippen LogP contribution in [0.15, 0.2) is 35.9 Å². The first-order valence-electron chi connectivity index (χ1n) is 5.33. The first-order valence-corrected chi connectivity index (χ1v) is 5.33. The van der Waals surface area contributed by atoms with Crippen molar-refractivity contribution in [1.29, 1.82) is 0 Å². The number of hydrogen-bond acceptors (Lipinski definition) is 5. The summed E-state index contributed by atoms with van der Waals surface area (Å²) in [7, 11) is 5.52. The second kappa shape index (κ2) is 5.93. The summed E-state index contributed by atoms with van der Waals surface area (Å²) in [6.07, 6.45) is 7.07. The zero-order chi connectivity index (χ0) is 12.8. The maximum absolute atomic E-state index is 10.4. The van der Waals surface area contributed by atoms with Crippen molar-refractivity contribution in [2.75, 3.05) is 34.2 Å². The molecule has 6 heteroatoms. The third-order valence-corrected chi connectivity index (χ3v) is 2.29. The molecule has 0 fully saturated rings. The molecule has 0 saturated heterocycles. The van der Waals surface area contributed by atoms with Crippen molar-refractivity contribution in [3.8, 4) is 0 Å². The van der Waals surface area contributed by atoms with Gasteiger partial charge in [-0.05, 0) is 5.57 Å². The summed E-state index contributed by atoms with van der Waals surface area (Å²) in [6.45, 7) is 1.47. The van der Waals surface area contributed by atoms with Crippen LogP contribution in [0.5, 0.6) is 0 Å². The van der Waals surface area contributed by atoms with E-state index in [1.807, 2.05) is 19.3 Å². The Morgan fingerprint density at radius 1 is 1.71 bits per heavy atom. The smallest absolute Gasteiger partial charge is 0.274 e. The lowest BCUT2D eigenvalue weighted by atomic mass is 10.2. The molecule has 94 valence electrons. The quantitative estimate of drug-likeness (QED) is 0.561. The number of nitrogens with one attached hydrogen (secondary N) is 1. The van der Waals surface area contributed by atoms with E-state index in [1.54, 1.807) is 19.0 Å². The third kappa shape index (κ3) is 4.58. The second-order valence-corrected chi connectivity index (χ2v) is 4.09. The van der Waals surface area contributed by atoms with Crippen LogP contribution in [0.2, 0.25) is 0 Å². The van der Waals surface area contributed by atoms with Crippen LogP contribution < -0.4 is 5.32 Å². The lowest BCUT2D eigenvalue weighted by Gasteiger charge is -2.20. The maximum Gasteiger partial charge on any atom is 0.274 e. The first kappa shape index (κ1) is 13.1. The van der Waals surface area contributed by atoms with Crippen molar-refractivity contribution in [2.24, 2.45) is 0 Å². The van der Waals surface area contributed by atoms with Crippen LogP contribution in [0.3, 0.4) is 0 Å². The molecule has 0 radical (unpaired) electrons. The van der Waals surface area contributed by atoms with Crippen molar-refractivity contribution < 1.29 is 4.92 Å². The first-order chi connectivity index (χ1) is 7.99. The van der Waals surface area contributed by atoms with Crippen LogP contribution in [0.1, 0.15) is 0 Å². The van der Waals surface area contributed by atoms with Crippen molar-refractivity contribution in [3.63, 3.8) is 0 Å². The molecule has 0 aliphatic carbocycles. The minimum Gasteiger partial charge on any atom is -0.376 e. The van der Waals surface area contributed by atoms with Crippen molar-refractivity contribution in [2.45, 2.75) is 0 Å². The van der Waals surface area contributed by atoms with E-state index in [2.05, 4.69) is 16.3 Å². The van der Waals surface area contributed by atoms with Gasteiger partial charge in [-0.3, -0.25) is 10.1 Å². The Labute approximate surface area is 101 Å². The lowest BCUT2D eigenvalue weighted by Crippen LogP contribution is -2.29. The molecule has 1 N–H and O–H groups in total. The van der Waals surface area contributed by atoms with E-state index in [1.165, 1.54) is 0 Å². The van der Waals surface area contributed by atoms with Crippen LogP contribution in [0, 0.1) is 10.1 Å². The highest BCUT2D eigenvalue weighted by molar-refractivity contribution is 5.24. The fraction of sp³-hybridized carbons (Fsp3) is 0.455. The van der Waals surface area contributed by atoms with Gasteiger partial charge in [0.25, 0.3) is 6.20 Å². The Hall–Kier alpha value is -1.98. The summed E-state index contributed by atoms with van der Waals surface area (Å²) in [5, 5.41) is 13.5. The number of nitrogens with zero attached hydrogens (tertiary/aromatic N) is 3. The summed E-state index contributed by atoms with van der Waals surface area (Å²) in [6, 6.07) is 0. The molecule has 0 amide bonds. The largest absolute Gasteiger partial charge is 0.376 e. The Balaban J connectivity index is 2.59. The average Bonchev–Trinajstić information content (AvgIpc) is 2.23. The number of likely N-dealkylation sites (N-methyl/N-ethyl adjacent to an activating group) is 1. The number of rotatable bonds is 5. The molecule has 6 nitrogen and oxygen atoms in total. The predicted molar refractivity (Wildman–Crippen MR) is 66.6 cm³/mol. The summed E-state index contributed by atoms with van der Waals surface area (Å²) in [4.78, 5) is 13.7. The van der Waals surface area contributed by atoms with E-state index in [-0.39, 0.29) is 0 Å². The molecule has 1 aliphatic heterocycles. The Morgan fingerprint density at radius 3 is 2.94 bits per heavy atom. The van der Waals surface area contributed by atoms with E-state index >= 15 is 0 Å². The summed E-state index contributed by atoms with van der Waals surface area (Å²) >= 11 is 0. The van der Waals surface area contributed by atoms with E-state index < -0.39 is 4.92 Å². The minimum atomic E-state index is -0.459. The number of hydrogen-bond donors (Lipinski definition) is 1. The Kier molecular flexibility index (Phi) is 4.56. The van der Waals surface area contributed by atoms with E-state index in [0.29, 0.717) is 12.4 Å². The van der Waals surface area contributed by atoms with Crippen LogP contribution in [-0.4, -0.2) is 49.0 Å². The van der Waals surface area contributed by atoms with Gasteiger partial charge in [0.15, 0.2) is 5.82 Å². The van der Waals surface area contributed by atoms with Crippen LogP contribution in [0.25, 0.3) is 0 Å². The minimum absolute atomic E-state index is 0.459. The van der Waals surface area contributed by atoms with E-state index in [0.717, 1.165) is 18.3 Å². The molecule has 0 bridgehead atoms. The molecule has 0 aromatic heterocycles. The van der Waals surface area contributed by atoms with Gasteiger partial charge in [-0.2, -0.15) is 0 Å². The Morgan fingerprint density at radius 2 is 2.41 bits per heavy atom. The number of nitro groups is 1. The third-order valence-electron chi connectivity index (χ3n) is 2.29. The highest BCUT2D eigenvalue weighted by atomic mass is 16.6. The van der Waals surface area contributed by atoms with Crippen molar-refractivity contribution in [3.05, 3.63) is 46.1 Å². The van der Waals surface area contributed by atoms with Crippen molar-refractivity contribution >= 4 is 0 Å². The highest BCUT2D eigenvalue weighted by Crippen LogP contribution is 2.05. The maximum atomic E-state index is 10.4. The Bertz CT molecular complexity index is 372. The predicted octanol–water partition coefficient (Wildman–Crippen LogP) is 0.599. The molecule has 0 unspecified atom stereocenters. The zero-order valence-corrected chi connectivity index (χ0v) is 10.4. The lowest BCUT2D eigenvalue weighted by molar-refractivity contribution is -0.404. The topological polar surface area (TPSA) is 61.6 Å². The fourth-order valence-electron chi connectivity index (χ4n) is 1.47. The van der Waals surface area contributed by atoms with E-state index in [9.17, 15) is 10.1 Å². The molecule has 0 spiro atoms. The van der Waals surface area contributed by atoms with Gasteiger partial charge in [0.05, 0.1) is 4.92 Å². The monoisotopic (exact) mass is 238 g/mol. The van der Waals surface area contributed by atoms with Gasteiger partial charge in [-0.1, -0.05) is 12.2 Å². The van der Waals surface area contributed by atoms with Crippen LogP contribution in [0.4, 0.5) is 0 Å². The zero-order valence-electron chi connectivity index (χ0n) is 10.4. The second-order valence-electron chi connectivity index (χ2n) is 4.09. The molecule has 0 aromatic rings. The SMILES string of the molecule is CN1C=C(CNC(=C[N+](=O)[O-])N(C)C)C=CC1. The van der Waals surface area contributed by atoms with Gasteiger partial charge in [0.2, 0.25) is 0 Å².